The van der Waals surface area contributed by atoms with E-state index < -0.39 is 0 Å². The molecule has 1 heterocycles. The lowest BCUT2D eigenvalue weighted by molar-refractivity contribution is -0.116. The van der Waals surface area contributed by atoms with Crippen LogP contribution in [0.3, 0.4) is 0 Å². The molecule has 0 aromatic carbocycles. The molecule has 88 valence electrons. The minimum atomic E-state index is 0.196. The average Bonchev–Trinajstić information content (AvgIpc) is 2.28. The zero-order chi connectivity index (χ0) is 12.4. The van der Waals surface area contributed by atoms with Gasteiger partial charge in [-0.15, -0.1) is 0 Å². The number of hydrogen-bond acceptors (Lipinski definition) is 2. The van der Waals surface area contributed by atoms with Gasteiger partial charge in [0.2, 0.25) is 0 Å². The van der Waals surface area contributed by atoms with Crippen LogP contribution in [0.2, 0.25) is 0 Å². The Morgan fingerprint density at radius 3 is 2.94 bits per heavy atom. The normalized spacial score (nSPS) is 22.6. The third-order valence-electron chi connectivity index (χ3n) is 3.16. The summed E-state index contributed by atoms with van der Waals surface area (Å²) in [6, 6.07) is 0. The molecule has 0 aromatic heterocycles. The zero-order valence-electron chi connectivity index (χ0n) is 10.1. The van der Waals surface area contributed by atoms with Gasteiger partial charge in [0.05, 0.1) is 5.71 Å². The molecule has 2 aliphatic rings. The fraction of sp³-hybridized carbons (Fsp3) is 0.357. The molecule has 3 heteroatoms. The summed E-state index contributed by atoms with van der Waals surface area (Å²) < 4.78 is 0. The number of aliphatic imine (C=N–C) groups is 1. The standard InChI is InChI=1S/C14H15NOS/c1-9(16)7-8-12-10(2)11-5-3-4-6-13(11)15-14(12)17/h3-6,11H,7-8H2,1-2H3. The molecule has 2 nitrogen and oxygen atoms in total. The first kappa shape index (κ1) is 12.1. The Hall–Kier alpha value is -1.35. The Morgan fingerprint density at radius 1 is 1.47 bits per heavy atom. The molecule has 0 saturated carbocycles. The van der Waals surface area contributed by atoms with Gasteiger partial charge in [0, 0.05) is 12.3 Å². The summed E-state index contributed by atoms with van der Waals surface area (Å²) in [7, 11) is 0. The van der Waals surface area contributed by atoms with Crippen molar-refractivity contribution in [2.24, 2.45) is 10.9 Å². The second-order valence-electron chi connectivity index (χ2n) is 4.43. The minimum absolute atomic E-state index is 0.196. The zero-order valence-corrected chi connectivity index (χ0v) is 10.9. The van der Waals surface area contributed by atoms with E-state index in [0.29, 0.717) is 17.8 Å². The number of carbonyl (C=O) groups is 1. The van der Waals surface area contributed by atoms with Crippen molar-refractivity contribution in [1.82, 2.24) is 0 Å². The van der Waals surface area contributed by atoms with Gasteiger partial charge in [0.25, 0.3) is 0 Å². The average molecular weight is 245 g/mol. The minimum Gasteiger partial charge on any atom is -0.300 e. The summed E-state index contributed by atoms with van der Waals surface area (Å²) in [6.45, 7) is 3.70. The Labute approximate surface area is 107 Å². The van der Waals surface area contributed by atoms with Crippen LogP contribution in [0.25, 0.3) is 0 Å². The summed E-state index contributed by atoms with van der Waals surface area (Å²) in [5.74, 6) is 0.440. The molecule has 17 heavy (non-hydrogen) atoms. The fourth-order valence-corrected chi connectivity index (χ4v) is 2.52. The van der Waals surface area contributed by atoms with E-state index in [4.69, 9.17) is 12.2 Å². The Morgan fingerprint density at radius 2 is 2.24 bits per heavy atom. The van der Waals surface area contributed by atoms with Gasteiger partial charge in [-0.25, -0.2) is 4.99 Å². The summed E-state index contributed by atoms with van der Waals surface area (Å²) in [4.78, 5) is 16.2. The SMILES string of the molecule is CC(=O)CCC1=C(C)C2C=CC=CC2=NC1=S. The van der Waals surface area contributed by atoms with Crippen molar-refractivity contribution in [3.8, 4) is 0 Å². The van der Waals surface area contributed by atoms with Gasteiger partial charge in [-0.1, -0.05) is 36.0 Å². The first-order valence-corrected chi connectivity index (χ1v) is 6.17. The third-order valence-corrected chi connectivity index (χ3v) is 3.50. The van der Waals surface area contributed by atoms with Gasteiger partial charge < -0.3 is 4.79 Å². The van der Waals surface area contributed by atoms with Crippen molar-refractivity contribution in [2.75, 3.05) is 0 Å². The van der Waals surface area contributed by atoms with Crippen molar-refractivity contribution in [2.45, 2.75) is 26.7 Å². The number of allylic oxidation sites excluding steroid dienone is 5. The van der Waals surface area contributed by atoms with E-state index >= 15 is 0 Å². The molecule has 0 fully saturated rings. The number of rotatable bonds is 3. The molecule has 0 radical (unpaired) electrons. The van der Waals surface area contributed by atoms with Crippen molar-refractivity contribution in [3.05, 3.63) is 35.5 Å². The van der Waals surface area contributed by atoms with Crippen molar-refractivity contribution in [3.63, 3.8) is 0 Å². The highest BCUT2D eigenvalue weighted by molar-refractivity contribution is 7.80. The van der Waals surface area contributed by atoms with Crippen LogP contribution in [0.1, 0.15) is 26.7 Å². The van der Waals surface area contributed by atoms with Crippen LogP contribution < -0.4 is 0 Å². The molecule has 0 aromatic rings. The van der Waals surface area contributed by atoms with Gasteiger partial charge in [-0.2, -0.15) is 0 Å². The number of ketones is 1. The van der Waals surface area contributed by atoms with Crippen molar-refractivity contribution >= 4 is 28.7 Å². The van der Waals surface area contributed by atoms with E-state index in [0.717, 1.165) is 11.3 Å². The number of dihydropyridines is 1. The number of carbonyl (C=O) groups excluding carboxylic acids is 1. The maximum absolute atomic E-state index is 11.1. The van der Waals surface area contributed by atoms with Crippen LogP contribution >= 0.6 is 12.2 Å². The number of hydrogen-bond donors (Lipinski definition) is 0. The quantitative estimate of drug-likeness (QED) is 0.715. The number of thiocarbonyl (C=S) groups is 1. The Kier molecular flexibility index (Phi) is 3.48. The van der Waals surface area contributed by atoms with Gasteiger partial charge in [0.1, 0.15) is 10.8 Å². The monoisotopic (exact) mass is 245 g/mol. The maximum Gasteiger partial charge on any atom is 0.130 e. The largest absolute Gasteiger partial charge is 0.300 e. The molecule has 1 unspecified atom stereocenters. The van der Waals surface area contributed by atoms with Crippen LogP contribution in [0.15, 0.2) is 40.4 Å². The number of fused-ring (bicyclic) bond motifs is 1. The molecular weight excluding hydrogens is 230 g/mol. The van der Waals surface area contributed by atoms with Crippen LogP contribution in [-0.4, -0.2) is 16.5 Å². The fourth-order valence-electron chi connectivity index (χ4n) is 2.15. The topological polar surface area (TPSA) is 29.4 Å². The van der Waals surface area contributed by atoms with E-state index in [2.05, 4.69) is 18.0 Å². The molecule has 1 aliphatic heterocycles. The molecule has 0 bridgehead atoms. The highest BCUT2D eigenvalue weighted by Crippen LogP contribution is 2.29. The first-order valence-electron chi connectivity index (χ1n) is 5.76. The molecule has 1 aliphatic carbocycles. The van der Waals surface area contributed by atoms with Crippen LogP contribution in [0.4, 0.5) is 0 Å². The molecule has 2 rings (SSSR count). The second kappa shape index (κ2) is 4.88. The van der Waals surface area contributed by atoms with Gasteiger partial charge >= 0.3 is 0 Å². The lowest BCUT2D eigenvalue weighted by atomic mass is 9.84. The smallest absolute Gasteiger partial charge is 0.130 e. The molecular formula is C14H15NOS. The van der Waals surface area contributed by atoms with Crippen molar-refractivity contribution in [1.29, 1.82) is 0 Å². The highest BCUT2D eigenvalue weighted by atomic mass is 32.1. The van der Waals surface area contributed by atoms with E-state index in [1.165, 1.54) is 5.57 Å². The van der Waals surface area contributed by atoms with Crippen molar-refractivity contribution < 1.29 is 4.79 Å². The molecule has 0 saturated heterocycles. The lowest BCUT2D eigenvalue weighted by Crippen LogP contribution is -2.23. The van der Waals surface area contributed by atoms with E-state index in [-0.39, 0.29) is 11.7 Å². The van der Waals surface area contributed by atoms with Gasteiger partial charge in [-0.05, 0) is 31.9 Å². The molecule has 0 N–H and O–H groups in total. The van der Waals surface area contributed by atoms with E-state index in [9.17, 15) is 4.79 Å². The van der Waals surface area contributed by atoms with Gasteiger partial charge in [-0.3, -0.25) is 0 Å². The lowest BCUT2D eigenvalue weighted by Gasteiger charge is -2.25. The molecule has 0 amide bonds. The Bertz CT molecular complexity index is 494. The first-order chi connectivity index (χ1) is 8.09. The predicted molar refractivity (Wildman–Crippen MR) is 74.4 cm³/mol. The summed E-state index contributed by atoms with van der Waals surface area (Å²) >= 11 is 5.31. The van der Waals surface area contributed by atoms with E-state index in [1.54, 1.807) is 6.92 Å². The second-order valence-corrected chi connectivity index (χ2v) is 4.81. The summed E-state index contributed by atoms with van der Waals surface area (Å²) in [5.41, 5.74) is 3.33. The Balaban J connectivity index is 2.26. The predicted octanol–water partition coefficient (Wildman–Crippen LogP) is 3.20. The molecule has 1 atom stereocenters. The highest BCUT2D eigenvalue weighted by Gasteiger charge is 2.24. The van der Waals surface area contributed by atoms with E-state index in [1.807, 2.05) is 18.2 Å². The third kappa shape index (κ3) is 2.50. The van der Waals surface area contributed by atoms with Crippen LogP contribution in [0.5, 0.6) is 0 Å². The van der Waals surface area contributed by atoms with Crippen LogP contribution in [-0.2, 0) is 4.79 Å². The number of Topliss-reactive ketones (excluding diaryl/α,β-unsaturated/α-hetero) is 1. The number of nitrogens with zero attached hydrogens (tertiary/aromatic N) is 1. The van der Waals surface area contributed by atoms with Crippen LogP contribution in [0, 0.1) is 5.92 Å². The maximum atomic E-state index is 11.1. The van der Waals surface area contributed by atoms with Gasteiger partial charge in [0.15, 0.2) is 0 Å². The summed E-state index contributed by atoms with van der Waals surface area (Å²) in [6.07, 6.45) is 9.40. The summed E-state index contributed by atoms with van der Waals surface area (Å²) in [5, 5.41) is 0. The molecule has 0 spiro atoms.